The number of methoxy groups -OCH3 is 1. The highest BCUT2D eigenvalue weighted by atomic mass is 79.9. The van der Waals surface area contributed by atoms with Gasteiger partial charge >= 0.3 is 6.18 Å². The van der Waals surface area contributed by atoms with E-state index in [0.717, 1.165) is 12.1 Å². The number of ether oxygens (including phenoxy) is 1. The molecule has 0 saturated heterocycles. The standard InChI is InChI=1S/C14H12BrF3N2O/c1-21-11-6-9(19)5-10(7-11)20-13-4-8(14(16,17)18)2-3-12(13)15/h2-7,20H,19H2,1H3. The van der Waals surface area contributed by atoms with E-state index < -0.39 is 11.7 Å². The third kappa shape index (κ3) is 3.81. The number of alkyl halides is 3. The number of rotatable bonds is 3. The second-order valence-electron chi connectivity index (χ2n) is 4.31. The molecule has 7 heteroatoms. The van der Waals surface area contributed by atoms with E-state index in [9.17, 15) is 13.2 Å². The summed E-state index contributed by atoms with van der Waals surface area (Å²) >= 11 is 3.22. The molecule has 0 aliphatic rings. The van der Waals surface area contributed by atoms with Gasteiger partial charge < -0.3 is 15.8 Å². The molecule has 0 spiro atoms. The molecule has 2 rings (SSSR count). The number of nitrogens with two attached hydrogens (primary N) is 1. The number of halogens is 4. The highest BCUT2D eigenvalue weighted by Gasteiger charge is 2.30. The molecule has 3 nitrogen and oxygen atoms in total. The number of hydrogen-bond donors (Lipinski definition) is 2. The molecule has 0 atom stereocenters. The summed E-state index contributed by atoms with van der Waals surface area (Å²) in [6, 6.07) is 8.24. The smallest absolute Gasteiger partial charge is 0.416 e. The Labute approximate surface area is 128 Å². The summed E-state index contributed by atoms with van der Waals surface area (Å²) in [4.78, 5) is 0. The van der Waals surface area contributed by atoms with Gasteiger partial charge in [0.15, 0.2) is 0 Å². The normalized spacial score (nSPS) is 11.3. The number of benzene rings is 2. The van der Waals surface area contributed by atoms with E-state index in [-0.39, 0.29) is 5.69 Å². The van der Waals surface area contributed by atoms with Gasteiger partial charge in [-0.1, -0.05) is 0 Å². The first kappa shape index (κ1) is 15.5. The fraction of sp³-hybridized carbons (Fsp3) is 0.143. The van der Waals surface area contributed by atoms with Crippen LogP contribution in [-0.4, -0.2) is 7.11 Å². The first-order valence-electron chi connectivity index (χ1n) is 5.88. The Hall–Kier alpha value is -1.89. The van der Waals surface area contributed by atoms with Crippen molar-refractivity contribution < 1.29 is 17.9 Å². The van der Waals surface area contributed by atoms with Gasteiger partial charge in [-0.25, -0.2) is 0 Å². The van der Waals surface area contributed by atoms with Crippen LogP contribution in [0.4, 0.5) is 30.2 Å². The van der Waals surface area contributed by atoms with Crippen molar-refractivity contribution in [2.45, 2.75) is 6.18 Å². The molecule has 0 aliphatic carbocycles. The van der Waals surface area contributed by atoms with E-state index in [4.69, 9.17) is 10.5 Å². The Bertz CT molecular complexity index is 659. The Balaban J connectivity index is 2.37. The van der Waals surface area contributed by atoms with Gasteiger partial charge in [0, 0.05) is 28.0 Å². The number of hydrogen-bond acceptors (Lipinski definition) is 3. The van der Waals surface area contributed by atoms with Crippen molar-refractivity contribution >= 4 is 33.0 Å². The van der Waals surface area contributed by atoms with Crippen LogP contribution >= 0.6 is 15.9 Å². The molecule has 2 aromatic carbocycles. The number of anilines is 3. The third-order valence-corrected chi connectivity index (χ3v) is 3.43. The largest absolute Gasteiger partial charge is 0.497 e. The van der Waals surface area contributed by atoms with Gasteiger partial charge in [-0.15, -0.1) is 0 Å². The van der Waals surface area contributed by atoms with Crippen molar-refractivity contribution in [1.29, 1.82) is 0 Å². The lowest BCUT2D eigenvalue weighted by Crippen LogP contribution is -2.05. The number of nitrogens with one attached hydrogen (secondary N) is 1. The van der Waals surface area contributed by atoms with Crippen LogP contribution in [0.3, 0.4) is 0 Å². The summed E-state index contributed by atoms with van der Waals surface area (Å²) in [5.74, 6) is 0.514. The lowest BCUT2D eigenvalue weighted by Gasteiger charge is -2.14. The Morgan fingerprint density at radius 2 is 1.86 bits per heavy atom. The third-order valence-electron chi connectivity index (χ3n) is 2.74. The highest BCUT2D eigenvalue weighted by Crippen LogP contribution is 2.35. The van der Waals surface area contributed by atoms with Gasteiger partial charge in [-0.3, -0.25) is 0 Å². The average Bonchev–Trinajstić information content (AvgIpc) is 2.39. The molecule has 0 bridgehead atoms. The van der Waals surface area contributed by atoms with Crippen molar-refractivity contribution in [3.05, 3.63) is 46.4 Å². The van der Waals surface area contributed by atoms with Crippen LogP contribution in [0.1, 0.15) is 5.56 Å². The van der Waals surface area contributed by atoms with Crippen LogP contribution in [0.2, 0.25) is 0 Å². The molecular weight excluding hydrogens is 349 g/mol. The van der Waals surface area contributed by atoms with Crippen molar-refractivity contribution in [3.8, 4) is 5.75 Å². The average molecular weight is 361 g/mol. The summed E-state index contributed by atoms with van der Waals surface area (Å²) in [6.07, 6.45) is -4.40. The minimum atomic E-state index is -4.40. The van der Waals surface area contributed by atoms with E-state index in [1.165, 1.54) is 13.2 Å². The Kier molecular flexibility index (Phi) is 4.32. The van der Waals surface area contributed by atoms with Gasteiger partial charge in [-0.2, -0.15) is 13.2 Å². The molecule has 0 radical (unpaired) electrons. The van der Waals surface area contributed by atoms with E-state index in [1.807, 2.05) is 0 Å². The van der Waals surface area contributed by atoms with E-state index >= 15 is 0 Å². The zero-order chi connectivity index (χ0) is 15.6. The summed E-state index contributed by atoms with van der Waals surface area (Å²) in [6.45, 7) is 0. The zero-order valence-corrected chi connectivity index (χ0v) is 12.5. The van der Waals surface area contributed by atoms with Crippen molar-refractivity contribution in [1.82, 2.24) is 0 Å². The van der Waals surface area contributed by atoms with E-state index in [2.05, 4.69) is 21.2 Å². The lowest BCUT2D eigenvalue weighted by molar-refractivity contribution is -0.137. The maximum Gasteiger partial charge on any atom is 0.416 e. The molecule has 0 heterocycles. The molecule has 21 heavy (non-hydrogen) atoms. The van der Waals surface area contributed by atoms with Crippen LogP contribution in [0, 0.1) is 0 Å². The van der Waals surface area contributed by atoms with Gasteiger partial charge in [0.2, 0.25) is 0 Å². The molecule has 0 aromatic heterocycles. The predicted molar refractivity (Wildman–Crippen MR) is 79.8 cm³/mol. The number of nitrogen functional groups attached to an aromatic ring is 1. The first-order valence-corrected chi connectivity index (χ1v) is 6.67. The van der Waals surface area contributed by atoms with Crippen molar-refractivity contribution in [2.75, 3.05) is 18.2 Å². The van der Waals surface area contributed by atoms with Crippen molar-refractivity contribution in [2.24, 2.45) is 0 Å². The Morgan fingerprint density at radius 1 is 1.14 bits per heavy atom. The fourth-order valence-corrected chi connectivity index (χ4v) is 2.11. The van der Waals surface area contributed by atoms with Crippen LogP contribution in [0.25, 0.3) is 0 Å². The summed E-state index contributed by atoms with van der Waals surface area (Å²) in [5.41, 5.74) is 6.25. The quantitative estimate of drug-likeness (QED) is 0.772. The van der Waals surface area contributed by atoms with Gasteiger partial charge in [-0.05, 0) is 40.2 Å². The second kappa shape index (κ2) is 5.85. The van der Waals surface area contributed by atoms with E-state index in [0.29, 0.717) is 21.6 Å². The topological polar surface area (TPSA) is 47.3 Å². The minimum Gasteiger partial charge on any atom is -0.497 e. The van der Waals surface area contributed by atoms with Gasteiger partial charge in [0.1, 0.15) is 5.75 Å². The maximum atomic E-state index is 12.7. The SMILES string of the molecule is COc1cc(N)cc(Nc2cc(C(F)(F)F)ccc2Br)c1. The van der Waals surface area contributed by atoms with Gasteiger partial charge in [0.25, 0.3) is 0 Å². The molecule has 0 aliphatic heterocycles. The molecule has 0 saturated carbocycles. The summed E-state index contributed by atoms with van der Waals surface area (Å²) in [5, 5.41) is 2.89. The lowest BCUT2D eigenvalue weighted by atomic mass is 10.2. The molecule has 112 valence electrons. The Morgan fingerprint density at radius 3 is 2.48 bits per heavy atom. The van der Waals surface area contributed by atoms with Crippen LogP contribution in [-0.2, 0) is 6.18 Å². The monoisotopic (exact) mass is 360 g/mol. The highest BCUT2D eigenvalue weighted by molar-refractivity contribution is 9.10. The first-order chi connectivity index (χ1) is 9.79. The van der Waals surface area contributed by atoms with Crippen LogP contribution in [0.15, 0.2) is 40.9 Å². The zero-order valence-electron chi connectivity index (χ0n) is 11.0. The van der Waals surface area contributed by atoms with Crippen LogP contribution < -0.4 is 15.8 Å². The van der Waals surface area contributed by atoms with Crippen molar-refractivity contribution in [3.63, 3.8) is 0 Å². The maximum absolute atomic E-state index is 12.7. The molecule has 2 aromatic rings. The molecule has 3 N–H and O–H groups in total. The fourth-order valence-electron chi connectivity index (χ4n) is 1.77. The van der Waals surface area contributed by atoms with Crippen LogP contribution in [0.5, 0.6) is 5.75 Å². The van der Waals surface area contributed by atoms with Gasteiger partial charge in [0.05, 0.1) is 18.4 Å². The summed E-state index contributed by atoms with van der Waals surface area (Å²) < 4.78 is 43.8. The predicted octanol–water partition coefficient (Wildman–Crippen LogP) is 4.80. The molecule has 0 unspecified atom stereocenters. The molecular formula is C14H12BrF3N2O. The van der Waals surface area contributed by atoms with E-state index in [1.54, 1.807) is 18.2 Å². The summed E-state index contributed by atoms with van der Waals surface area (Å²) in [7, 11) is 1.48. The molecule has 0 fully saturated rings. The minimum absolute atomic E-state index is 0.289. The molecule has 0 amide bonds. The second-order valence-corrected chi connectivity index (χ2v) is 5.17.